The van der Waals surface area contributed by atoms with Gasteiger partial charge in [0.05, 0.1) is 19.9 Å². The molecule has 1 aromatic heterocycles. The summed E-state index contributed by atoms with van der Waals surface area (Å²) in [6.07, 6.45) is 0. The van der Waals surface area contributed by atoms with E-state index in [-0.39, 0.29) is 5.91 Å². The first-order chi connectivity index (χ1) is 13.6. The molecule has 0 spiro atoms. The lowest BCUT2D eigenvalue weighted by molar-refractivity contribution is 0.0944. The molecule has 1 aliphatic rings. The fourth-order valence-electron chi connectivity index (χ4n) is 3.42. The number of amides is 1. The minimum atomic E-state index is -0.185. The third kappa shape index (κ3) is 3.22. The number of nitrogens with zero attached hydrogens (tertiary/aromatic N) is 2. The van der Waals surface area contributed by atoms with Crippen molar-refractivity contribution in [3.63, 3.8) is 0 Å². The fraction of sp³-hybridized carbons (Fsp3) is 0.238. The molecule has 0 fully saturated rings. The van der Waals surface area contributed by atoms with Crippen LogP contribution < -0.4 is 14.8 Å². The molecule has 0 saturated heterocycles. The Kier molecular flexibility index (Phi) is 5.00. The van der Waals surface area contributed by atoms with Crippen molar-refractivity contribution in [2.24, 2.45) is 7.05 Å². The van der Waals surface area contributed by atoms with Crippen molar-refractivity contribution in [3.8, 4) is 22.8 Å². The highest BCUT2D eigenvalue weighted by Crippen LogP contribution is 2.42. The number of carbonyl (C=O) groups excluding carboxylic acids is 1. The number of methoxy groups -OCH3 is 2. The van der Waals surface area contributed by atoms with E-state index in [1.807, 2.05) is 31.3 Å². The Morgan fingerprint density at radius 3 is 2.82 bits per heavy atom. The van der Waals surface area contributed by atoms with Crippen molar-refractivity contribution in [2.75, 3.05) is 14.2 Å². The SMILES string of the molecule is COc1ccc(CNC(=O)c2nn(C)c3c2CSc2ccccc2-3)c(OC)c1. The Bertz CT molecular complexity index is 1050. The van der Waals surface area contributed by atoms with Crippen LogP contribution in [0, 0.1) is 0 Å². The third-order valence-corrected chi connectivity index (χ3v) is 5.91. The molecule has 1 aliphatic heterocycles. The van der Waals surface area contributed by atoms with Gasteiger partial charge in [-0.2, -0.15) is 5.10 Å². The summed E-state index contributed by atoms with van der Waals surface area (Å²) in [5.41, 5.74) is 4.47. The quantitative estimate of drug-likeness (QED) is 0.715. The normalized spacial score (nSPS) is 12.1. The highest BCUT2D eigenvalue weighted by atomic mass is 32.2. The summed E-state index contributed by atoms with van der Waals surface area (Å²) in [5, 5.41) is 7.48. The lowest BCUT2D eigenvalue weighted by atomic mass is 10.1. The van der Waals surface area contributed by atoms with Gasteiger partial charge in [-0.15, -0.1) is 11.8 Å². The highest BCUT2D eigenvalue weighted by molar-refractivity contribution is 7.98. The van der Waals surface area contributed by atoms with Crippen LogP contribution in [0.5, 0.6) is 11.5 Å². The first kappa shape index (κ1) is 18.4. The molecule has 0 aliphatic carbocycles. The van der Waals surface area contributed by atoms with Crippen molar-refractivity contribution < 1.29 is 14.3 Å². The zero-order valence-electron chi connectivity index (χ0n) is 16.0. The van der Waals surface area contributed by atoms with E-state index in [9.17, 15) is 4.79 Å². The zero-order chi connectivity index (χ0) is 19.7. The van der Waals surface area contributed by atoms with Crippen molar-refractivity contribution in [1.82, 2.24) is 15.1 Å². The predicted molar refractivity (Wildman–Crippen MR) is 109 cm³/mol. The number of thioether (sulfide) groups is 1. The second-order valence-corrected chi connectivity index (χ2v) is 7.46. The van der Waals surface area contributed by atoms with E-state index in [2.05, 4.69) is 22.5 Å². The Balaban J connectivity index is 1.58. The predicted octanol–water partition coefficient (Wildman–Crippen LogP) is 3.64. The maximum Gasteiger partial charge on any atom is 0.272 e. The number of aryl methyl sites for hydroxylation is 1. The van der Waals surface area contributed by atoms with Gasteiger partial charge in [0.2, 0.25) is 0 Å². The summed E-state index contributed by atoms with van der Waals surface area (Å²) >= 11 is 1.73. The number of hydrogen-bond donors (Lipinski definition) is 1. The molecule has 4 rings (SSSR count). The maximum absolute atomic E-state index is 12.9. The zero-order valence-corrected chi connectivity index (χ0v) is 16.8. The molecule has 1 N–H and O–H groups in total. The fourth-order valence-corrected chi connectivity index (χ4v) is 4.49. The second kappa shape index (κ2) is 7.59. The Labute approximate surface area is 167 Å². The molecular weight excluding hydrogens is 374 g/mol. The van der Waals surface area contributed by atoms with Crippen molar-refractivity contribution in [2.45, 2.75) is 17.2 Å². The molecule has 6 nitrogen and oxygen atoms in total. The van der Waals surface area contributed by atoms with Gasteiger partial charge in [0.15, 0.2) is 5.69 Å². The Morgan fingerprint density at radius 2 is 2.04 bits per heavy atom. The third-order valence-electron chi connectivity index (χ3n) is 4.81. The summed E-state index contributed by atoms with van der Waals surface area (Å²) in [5.74, 6) is 1.93. The average Bonchev–Trinajstić information content (AvgIpc) is 3.09. The number of carbonyl (C=O) groups is 1. The smallest absolute Gasteiger partial charge is 0.272 e. The second-order valence-electron chi connectivity index (χ2n) is 6.44. The van der Waals surface area contributed by atoms with Gasteiger partial charge >= 0.3 is 0 Å². The molecule has 0 atom stereocenters. The number of benzene rings is 2. The van der Waals surface area contributed by atoms with Gasteiger partial charge in [0.25, 0.3) is 5.91 Å². The molecule has 0 saturated carbocycles. The van der Waals surface area contributed by atoms with Gasteiger partial charge in [0, 0.05) is 47.0 Å². The lowest BCUT2D eigenvalue weighted by Crippen LogP contribution is -2.24. The van der Waals surface area contributed by atoms with Crippen LogP contribution in [0.25, 0.3) is 11.3 Å². The molecule has 2 aromatic carbocycles. The number of aromatic nitrogens is 2. The van der Waals surface area contributed by atoms with Gasteiger partial charge in [-0.1, -0.05) is 18.2 Å². The van der Waals surface area contributed by atoms with E-state index >= 15 is 0 Å². The van der Waals surface area contributed by atoms with Crippen LogP contribution in [-0.2, 0) is 19.3 Å². The standard InChI is InChI=1S/C21H21N3O3S/c1-24-20-15-6-4-5-7-18(15)28-12-16(20)19(23-24)21(25)22-11-13-8-9-14(26-2)10-17(13)27-3/h4-10H,11-12H2,1-3H3,(H,22,25). The van der Waals surface area contributed by atoms with Gasteiger partial charge in [0.1, 0.15) is 11.5 Å². The Morgan fingerprint density at radius 1 is 1.21 bits per heavy atom. The molecule has 0 unspecified atom stereocenters. The summed E-state index contributed by atoms with van der Waals surface area (Å²) in [6, 6.07) is 13.8. The first-order valence-corrected chi connectivity index (χ1v) is 9.88. The average molecular weight is 395 g/mol. The van der Waals surface area contributed by atoms with Crippen molar-refractivity contribution in [3.05, 3.63) is 59.3 Å². The minimum Gasteiger partial charge on any atom is -0.497 e. The molecule has 0 radical (unpaired) electrons. The van der Waals surface area contributed by atoms with Crippen LogP contribution >= 0.6 is 11.8 Å². The molecular formula is C21H21N3O3S. The first-order valence-electron chi connectivity index (χ1n) is 8.89. The largest absolute Gasteiger partial charge is 0.497 e. The van der Waals surface area contributed by atoms with Gasteiger partial charge in [-0.3, -0.25) is 9.48 Å². The number of rotatable bonds is 5. The molecule has 28 heavy (non-hydrogen) atoms. The van der Waals surface area contributed by atoms with E-state index in [0.29, 0.717) is 23.7 Å². The van der Waals surface area contributed by atoms with E-state index in [1.165, 1.54) is 4.90 Å². The summed E-state index contributed by atoms with van der Waals surface area (Å²) < 4.78 is 12.4. The van der Waals surface area contributed by atoms with Crippen molar-refractivity contribution in [1.29, 1.82) is 0 Å². The topological polar surface area (TPSA) is 65.4 Å². The van der Waals surface area contributed by atoms with Crippen LogP contribution in [0.2, 0.25) is 0 Å². The van der Waals surface area contributed by atoms with E-state index < -0.39 is 0 Å². The van der Waals surface area contributed by atoms with Crippen LogP contribution in [-0.4, -0.2) is 29.9 Å². The van der Waals surface area contributed by atoms with Gasteiger partial charge < -0.3 is 14.8 Å². The van der Waals surface area contributed by atoms with Crippen LogP contribution in [0.4, 0.5) is 0 Å². The maximum atomic E-state index is 12.9. The molecule has 0 bridgehead atoms. The monoisotopic (exact) mass is 395 g/mol. The van der Waals surface area contributed by atoms with Crippen molar-refractivity contribution >= 4 is 17.7 Å². The highest BCUT2D eigenvalue weighted by Gasteiger charge is 2.27. The van der Waals surface area contributed by atoms with E-state index in [1.54, 1.807) is 36.7 Å². The number of fused-ring (bicyclic) bond motifs is 3. The van der Waals surface area contributed by atoms with Crippen LogP contribution in [0.3, 0.4) is 0 Å². The summed E-state index contributed by atoms with van der Waals surface area (Å²) in [7, 11) is 5.09. The van der Waals surface area contributed by atoms with Crippen LogP contribution in [0.1, 0.15) is 21.6 Å². The van der Waals surface area contributed by atoms with Crippen LogP contribution in [0.15, 0.2) is 47.4 Å². The number of ether oxygens (including phenoxy) is 2. The molecule has 3 aromatic rings. The van der Waals surface area contributed by atoms with E-state index in [0.717, 1.165) is 28.1 Å². The molecule has 144 valence electrons. The lowest BCUT2D eigenvalue weighted by Gasteiger charge is -2.17. The molecule has 2 heterocycles. The summed E-state index contributed by atoms with van der Waals surface area (Å²) in [4.78, 5) is 14.1. The van der Waals surface area contributed by atoms with E-state index in [4.69, 9.17) is 9.47 Å². The molecule has 7 heteroatoms. The summed E-state index contributed by atoms with van der Waals surface area (Å²) in [6.45, 7) is 0.348. The molecule has 1 amide bonds. The van der Waals surface area contributed by atoms with Gasteiger partial charge in [-0.25, -0.2) is 0 Å². The van der Waals surface area contributed by atoms with Gasteiger partial charge in [-0.05, 0) is 18.2 Å². The minimum absolute atomic E-state index is 0.185. The Hall–Kier alpha value is -2.93. The number of nitrogens with one attached hydrogen (secondary N) is 1. The number of hydrogen-bond acceptors (Lipinski definition) is 5.